The predicted molar refractivity (Wildman–Crippen MR) is 71.5 cm³/mol. The van der Waals surface area contributed by atoms with E-state index < -0.39 is 5.41 Å². The number of fused-ring (bicyclic) bond motifs is 1. The molecule has 0 fully saturated rings. The molecule has 3 nitrogen and oxygen atoms in total. The fraction of sp³-hybridized carbons (Fsp3) is 0.462. The quantitative estimate of drug-likeness (QED) is 0.797. The minimum absolute atomic E-state index is 0.00796. The number of carbonyl (C=O) groups excluding carboxylic acids is 1. The first-order valence-electron chi connectivity index (χ1n) is 5.57. The Morgan fingerprint density at radius 2 is 2.00 bits per heavy atom. The van der Waals surface area contributed by atoms with Gasteiger partial charge in [-0.1, -0.05) is 15.9 Å². The molecule has 1 heterocycles. The third-order valence-electron chi connectivity index (χ3n) is 3.22. The van der Waals surface area contributed by atoms with Crippen LogP contribution in [0.5, 0.6) is 5.75 Å². The Morgan fingerprint density at radius 3 is 2.65 bits per heavy atom. The second-order valence-corrected chi connectivity index (χ2v) is 5.97. The molecule has 0 bridgehead atoms. The van der Waals surface area contributed by atoms with Crippen LogP contribution < -0.4 is 10.1 Å². The lowest BCUT2D eigenvalue weighted by atomic mass is 9.94. The second-order valence-electron chi connectivity index (χ2n) is 5.11. The lowest BCUT2D eigenvalue weighted by Gasteiger charge is -2.19. The molecule has 1 N–H and O–H groups in total. The van der Waals surface area contributed by atoms with E-state index >= 15 is 0 Å². The van der Waals surface area contributed by atoms with Gasteiger partial charge in [0.1, 0.15) is 12.4 Å². The smallest absolute Gasteiger partial charge is 0.233 e. The van der Waals surface area contributed by atoms with Gasteiger partial charge in [-0.2, -0.15) is 0 Å². The van der Waals surface area contributed by atoms with Gasteiger partial charge in [0.25, 0.3) is 0 Å². The van der Waals surface area contributed by atoms with Crippen molar-refractivity contribution in [3.63, 3.8) is 0 Å². The second kappa shape index (κ2) is 4.02. The van der Waals surface area contributed by atoms with Gasteiger partial charge in [0.15, 0.2) is 0 Å². The summed E-state index contributed by atoms with van der Waals surface area (Å²) in [5.41, 5.74) is 2.44. The number of hydrogen-bond donors (Lipinski definition) is 1. The number of benzene rings is 1. The first-order valence-corrected chi connectivity index (χ1v) is 6.36. The van der Waals surface area contributed by atoms with Gasteiger partial charge < -0.3 is 10.1 Å². The summed E-state index contributed by atoms with van der Waals surface area (Å²) in [6.45, 7) is 8.19. The SMILES string of the molecule is Cc1c(Br)cc2c(c1C)OCC(C)(C)C(=O)N2. The first kappa shape index (κ1) is 12.4. The van der Waals surface area contributed by atoms with Crippen LogP contribution >= 0.6 is 15.9 Å². The van der Waals surface area contributed by atoms with Crippen molar-refractivity contribution in [1.82, 2.24) is 0 Å². The molecular weight excluding hydrogens is 282 g/mol. The normalized spacial score (nSPS) is 17.8. The zero-order valence-corrected chi connectivity index (χ0v) is 12.1. The fourth-order valence-electron chi connectivity index (χ4n) is 1.74. The molecule has 17 heavy (non-hydrogen) atoms. The first-order chi connectivity index (χ1) is 7.83. The Balaban J connectivity index is 2.55. The lowest BCUT2D eigenvalue weighted by Crippen LogP contribution is -2.33. The average Bonchev–Trinajstić information content (AvgIpc) is 2.35. The standard InChI is InChI=1S/C13H16BrNO2/c1-7-8(2)11-10(5-9(7)14)15-12(16)13(3,4)6-17-11/h5H,6H2,1-4H3,(H,15,16). The molecule has 92 valence electrons. The van der Waals surface area contributed by atoms with Crippen LogP contribution in [0.25, 0.3) is 0 Å². The molecule has 0 aromatic heterocycles. The van der Waals surface area contributed by atoms with Crippen LogP contribution in [0.4, 0.5) is 5.69 Å². The summed E-state index contributed by atoms with van der Waals surface area (Å²) >= 11 is 3.49. The molecule has 1 amide bonds. The Kier molecular flexibility index (Phi) is 2.94. The molecule has 1 aliphatic rings. The van der Waals surface area contributed by atoms with Crippen molar-refractivity contribution in [2.24, 2.45) is 5.41 Å². The van der Waals surface area contributed by atoms with Gasteiger partial charge in [0, 0.05) is 4.47 Å². The van der Waals surface area contributed by atoms with E-state index in [0.717, 1.165) is 27.0 Å². The summed E-state index contributed by atoms with van der Waals surface area (Å²) in [6, 6.07) is 1.90. The van der Waals surface area contributed by atoms with Gasteiger partial charge in [-0.25, -0.2) is 0 Å². The number of amides is 1. The van der Waals surface area contributed by atoms with Crippen LogP contribution in [0.15, 0.2) is 10.5 Å². The molecule has 2 rings (SSSR count). The summed E-state index contributed by atoms with van der Waals surface area (Å²) in [5, 5.41) is 2.93. The summed E-state index contributed by atoms with van der Waals surface area (Å²) < 4.78 is 6.78. The van der Waals surface area contributed by atoms with Gasteiger partial charge in [-0.3, -0.25) is 4.79 Å². The van der Waals surface area contributed by atoms with Crippen molar-refractivity contribution in [3.05, 3.63) is 21.7 Å². The molecule has 1 aliphatic heterocycles. The van der Waals surface area contributed by atoms with Crippen LogP contribution in [0.1, 0.15) is 25.0 Å². The Bertz CT molecular complexity index is 495. The highest BCUT2D eigenvalue weighted by Crippen LogP contribution is 2.39. The Labute approximate surface area is 110 Å². The van der Waals surface area contributed by atoms with Crippen molar-refractivity contribution in [2.45, 2.75) is 27.7 Å². The van der Waals surface area contributed by atoms with E-state index in [1.54, 1.807) is 0 Å². The fourth-order valence-corrected chi connectivity index (χ4v) is 2.27. The molecule has 4 heteroatoms. The largest absolute Gasteiger partial charge is 0.490 e. The highest BCUT2D eigenvalue weighted by Gasteiger charge is 2.33. The summed E-state index contributed by atoms with van der Waals surface area (Å²) in [4.78, 5) is 12.0. The molecular formula is C13H16BrNO2. The van der Waals surface area contributed by atoms with Crippen LogP contribution in [0.3, 0.4) is 0 Å². The zero-order chi connectivity index (χ0) is 12.8. The van der Waals surface area contributed by atoms with E-state index in [9.17, 15) is 4.79 Å². The number of nitrogens with one attached hydrogen (secondary N) is 1. The highest BCUT2D eigenvalue weighted by atomic mass is 79.9. The number of ether oxygens (including phenoxy) is 1. The van der Waals surface area contributed by atoms with Crippen LogP contribution in [0.2, 0.25) is 0 Å². The van der Waals surface area contributed by atoms with Gasteiger partial charge in [-0.05, 0) is 44.9 Å². The van der Waals surface area contributed by atoms with Crippen molar-refractivity contribution in [1.29, 1.82) is 0 Å². The lowest BCUT2D eigenvalue weighted by molar-refractivity contribution is -0.124. The van der Waals surface area contributed by atoms with E-state index in [2.05, 4.69) is 21.2 Å². The highest BCUT2D eigenvalue weighted by molar-refractivity contribution is 9.10. The molecule has 0 radical (unpaired) electrons. The molecule has 1 aromatic rings. The van der Waals surface area contributed by atoms with E-state index in [1.165, 1.54) is 0 Å². The van der Waals surface area contributed by atoms with Crippen LogP contribution in [-0.4, -0.2) is 12.5 Å². The van der Waals surface area contributed by atoms with Crippen molar-refractivity contribution in [2.75, 3.05) is 11.9 Å². The summed E-state index contributed by atoms with van der Waals surface area (Å²) in [7, 11) is 0. The molecule has 1 aromatic carbocycles. The van der Waals surface area contributed by atoms with Crippen molar-refractivity contribution in [3.8, 4) is 5.75 Å². The Morgan fingerprint density at radius 1 is 1.35 bits per heavy atom. The summed E-state index contributed by atoms with van der Waals surface area (Å²) in [5.74, 6) is 0.774. The number of anilines is 1. The van der Waals surface area contributed by atoms with E-state index in [4.69, 9.17) is 4.74 Å². The predicted octanol–water partition coefficient (Wildman–Crippen LogP) is 3.42. The van der Waals surface area contributed by atoms with Gasteiger partial charge >= 0.3 is 0 Å². The third-order valence-corrected chi connectivity index (χ3v) is 4.04. The monoisotopic (exact) mass is 297 g/mol. The molecule has 0 unspecified atom stereocenters. The number of hydrogen-bond acceptors (Lipinski definition) is 2. The van der Waals surface area contributed by atoms with E-state index in [0.29, 0.717) is 6.61 Å². The topological polar surface area (TPSA) is 38.3 Å². The van der Waals surface area contributed by atoms with E-state index in [1.807, 2.05) is 33.8 Å². The minimum atomic E-state index is -0.508. The summed E-state index contributed by atoms with van der Waals surface area (Å²) in [6.07, 6.45) is 0. The Hall–Kier alpha value is -1.03. The van der Waals surface area contributed by atoms with Crippen molar-refractivity contribution < 1.29 is 9.53 Å². The average molecular weight is 298 g/mol. The van der Waals surface area contributed by atoms with Crippen LogP contribution in [0, 0.1) is 19.3 Å². The molecule has 0 saturated heterocycles. The maximum absolute atomic E-state index is 12.0. The van der Waals surface area contributed by atoms with E-state index in [-0.39, 0.29) is 5.91 Å². The van der Waals surface area contributed by atoms with Crippen LogP contribution in [-0.2, 0) is 4.79 Å². The van der Waals surface area contributed by atoms with Crippen molar-refractivity contribution >= 4 is 27.5 Å². The third kappa shape index (κ3) is 2.06. The van der Waals surface area contributed by atoms with Gasteiger partial charge in [0.05, 0.1) is 11.1 Å². The molecule has 0 saturated carbocycles. The maximum Gasteiger partial charge on any atom is 0.233 e. The number of rotatable bonds is 0. The minimum Gasteiger partial charge on any atom is -0.490 e. The van der Waals surface area contributed by atoms with Gasteiger partial charge in [0.2, 0.25) is 5.91 Å². The van der Waals surface area contributed by atoms with Gasteiger partial charge in [-0.15, -0.1) is 0 Å². The number of halogens is 1. The zero-order valence-electron chi connectivity index (χ0n) is 10.5. The maximum atomic E-state index is 12.0. The molecule has 0 spiro atoms. The molecule has 0 aliphatic carbocycles. The number of carbonyl (C=O) groups is 1. The molecule has 0 atom stereocenters.